The molecule has 0 heterocycles. The highest BCUT2D eigenvalue weighted by Crippen LogP contribution is 2.35. The zero-order chi connectivity index (χ0) is 11.3. The van der Waals surface area contributed by atoms with Crippen LogP contribution < -0.4 is 11.5 Å². The van der Waals surface area contributed by atoms with Gasteiger partial charge in [-0.05, 0) is 12.8 Å². The molecule has 15 heavy (non-hydrogen) atoms. The monoisotopic (exact) mass is 213 g/mol. The van der Waals surface area contributed by atoms with E-state index in [0.29, 0.717) is 12.4 Å². The van der Waals surface area contributed by atoms with E-state index >= 15 is 0 Å². The number of nitrogens with zero attached hydrogens (tertiary/aromatic N) is 1. The molecule has 0 bridgehead atoms. The van der Waals surface area contributed by atoms with Crippen molar-refractivity contribution < 1.29 is 9.63 Å². The Hall–Kier alpha value is -1.10. The third kappa shape index (κ3) is 2.92. The van der Waals surface area contributed by atoms with Crippen molar-refractivity contribution in [1.29, 1.82) is 0 Å². The number of carbonyl (C=O) groups is 1. The first-order chi connectivity index (χ1) is 7.10. The van der Waals surface area contributed by atoms with Gasteiger partial charge in [0.15, 0.2) is 0 Å². The van der Waals surface area contributed by atoms with E-state index in [1.54, 1.807) is 0 Å². The Morgan fingerprint density at radius 1 is 1.40 bits per heavy atom. The van der Waals surface area contributed by atoms with Crippen LogP contribution in [0.15, 0.2) is 5.16 Å². The third-order valence-corrected chi connectivity index (χ3v) is 3.02. The summed E-state index contributed by atoms with van der Waals surface area (Å²) in [6.45, 7) is 1.76. The SMILES string of the molecule is CC(=O)O/N=C(\N)C1(CN)CCCCC1. The number of hydrogen-bond donors (Lipinski definition) is 2. The molecule has 86 valence electrons. The summed E-state index contributed by atoms with van der Waals surface area (Å²) in [5.41, 5.74) is 11.3. The van der Waals surface area contributed by atoms with Gasteiger partial charge in [0.2, 0.25) is 0 Å². The molecule has 0 aliphatic heterocycles. The maximum Gasteiger partial charge on any atom is 0.332 e. The Morgan fingerprint density at radius 3 is 2.47 bits per heavy atom. The lowest BCUT2D eigenvalue weighted by Gasteiger charge is -2.34. The van der Waals surface area contributed by atoms with Crippen molar-refractivity contribution in [2.45, 2.75) is 39.0 Å². The fourth-order valence-corrected chi connectivity index (χ4v) is 2.00. The molecule has 0 atom stereocenters. The Labute approximate surface area is 89.8 Å². The first-order valence-corrected chi connectivity index (χ1v) is 5.32. The van der Waals surface area contributed by atoms with Gasteiger partial charge < -0.3 is 16.3 Å². The van der Waals surface area contributed by atoms with Crippen LogP contribution >= 0.6 is 0 Å². The smallest absolute Gasteiger partial charge is 0.332 e. The number of oxime groups is 1. The molecule has 0 spiro atoms. The quantitative estimate of drug-likeness (QED) is 0.313. The zero-order valence-electron chi connectivity index (χ0n) is 9.16. The van der Waals surface area contributed by atoms with E-state index in [4.69, 9.17) is 11.5 Å². The minimum atomic E-state index is -0.457. The van der Waals surface area contributed by atoms with Gasteiger partial charge in [0.05, 0.1) is 0 Å². The van der Waals surface area contributed by atoms with Gasteiger partial charge in [0.25, 0.3) is 0 Å². The lowest BCUT2D eigenvalue weighted by molar-refractivity contribution is -0.141. The van der Waals surface area contributed by atoms with Gasteiger partial charge in [-0.3, -0.25) is 0 Å². The lowest BCUT2D eigenvalue weighted by Crippen LogP contribution is -2.44. The normalized spacial score (nSPS) is 21.1. The van der Waals surface area contributed by atoms with Crippen LogP contribution in [0.4, 0.5) is 0 Å². The standard InChI is InChI=1S/C10H19N3O2/c1-8(14)15-13-9(12)10(7-11)5-3-2-4-6-10/h2-7,11H2,1H3,(H2,12,13). The van der Waals surface area contributed by atoms with Crippen molar-refractivity contribution in [3.05, 3.63) is 0 Å². The molecular formula is C10H19N3O2. The highest BCUT2D eigenvalue weighted by molar-refractivity contribution is 5.87. The number of rotatable bonds is 3. The van der Waals surface area contributed by atoms with Gasteiger partial charge in [-0.2, -0.15) is 0 Å². The van der Waals surface area contributed by atoms with E-state index < -0.39 is 5.97 Å². The first kappa shape index (κ1) is 12.0. The van der Waals surface area contributed by atoms with Gasteiger partial charge in [0.1, 0.15) is 5.84 Å². The molecule has 5 heteroatoms. The number of hydrogen-bond acceptors (Lipinski definition) is 4. The summed E-state index contributed by atoms with van der Waals surface area (Å²) in [6.07, 6.45) is 5.28. The Morgan fingerprint density at radius 2 is 2.00 bits per heavy atom. The van der Waals surface area contributed by atoms with Crippen LogP contribution in [-0.4, -0.2) is 18.3 Å². The van der Waals surface area contributed by atoms with Gasteiger partial charge in [-0.1, -0.05) is 24.4 Å². The Bertz CT molecular complexity index is 257. The minimum Gasteiger partial charge on any atom is -0.384 e. The van der Waals surface area contributed by atoms with Crippen molar-refractivity contribution in [2.75, 3.05) is 6.54 Å². The van der Waals surface area contributed by atoms with Crippen molar-refractivity contribution in [3.63, 3.8) is 0 Å². The maximum atomic E-state index is 10.6. The largest absolute Gasteiger partial charge is 0.384 e. The molecule has 1 aliphatic carbocycles. The molecule has 1 aliphatic rings. The predicted octanol–water partition coefficient (Wildman–Crippen LogP) is 0.731. The fourth-order valence-electron chi connectivity index (χ4n) is 2.00. The van der Waals surface area contributed by atoms with Crippen molar-refractivity contribution in [3.8, 4) is 0 Å². The highest BCUT2D eigenvalue weighted by Gasteiger charge is 2.35. The molecule has 1 fully saturated rings. The maximum absolute atomic E-state index is 10.6. The predicted molar refractivity (Wildman–Crippen MR) is 58.0 cm³/mol. The van der Waals surface area contributed by atoms with E-state index in [9.17, 15) is 4.79 Å². The summed E-state index contributed by atoms with van der Waals surface area (Å²) >= 11 is 0. The Balaban J connectivity index is 2.71. The Kier molecular flexibility index (Phi) is 4.08. The first-order valence-electron chi connectivity index (χ1n) is 5.32. The topological polar surface area (TPSA) is 90.7 Å². The van der Waals surface area contributed by atoms with Gasteiger partial charge in [-0.15, -0.1) is 0 Å². The molecule has 1 rings (SSSR count). The number of nitrogens with two attached hydrogens (primary N) is 2. The molecule has 4 N–H and O–H groups in total. The van der Waals surface area contributed by atoms with Gasteiger partial charge in [0, 0.05) is 18.9 Å². The van der Waals surface area contributed by atoms with E-state index in [0.717, 1.165) is 25.7 Å². The van der Waals surface area contributed by atoms with Crippen molar-refractivity contribution >= 4 is 11.8 Å². The summed E-state index contributed by atoms with van der Waals surface area (Å²) in [7, 11) is 0. The second-order valence-corrected chi connectivity index (χ2v) is 4.10. The van der Waals surface area contributed by atoms with Gasteiger partial charge >= 0.3 is 5.97 Å². The summed E-state index contributed by atoms with van der Waals surface area (Å²) in [5.74, 6) is -0.0965. The average molecular weight is 213 g/mol. The van der Waals surface area contributed by atoms with Crippen LogP contribution in [0.1, 0.15) is 39.0 Å². The average Bonchev–Trinajstić information content (AvgIpc) is 2.26. The molecule has 0 saturated heterocycles. The van der Waals surface area contributed by atoms with Crippen LogP contribution in [-0.2, 0) is 9.63 Å². The third-order valence-electron chi connectivity index (χ3n) is 3.02. The van der Waals surface area contributed by atoms with Crippen LogP contribution in [0.2, 0.25) is 0 Å². The number of carbonyl (C=O) groups excluding carboxylic acids is 1. The molecule has 0 amide bonds. The number of amidine groups is 1. The minimum absolute atomic E-state index is 0.256. The van der Waals surface area contributed by atoms with E-state index in [-0.39, 0.29) is 5.41 Å². The molecule has 0 radical (unpaired) electrons. The summed E-state index contributed by atoms with van der Waals surface area (Å²) in [4.78, 5) is 15.2. The van der Waals surface area contributed by atoms with E-state index in [2.05, 4.69) is 9.99 Å². The van der Waals surface area contributed by atoms with Crippen LogP contribution in [0.5, 0.6) is 0 Å². The van der Waals surface area contributed by atoms with Gasteiger partial charge in [-0.25, -0.2) is 4.79 Å². The molecule has 1 saturated carbocycles. The second kappa shape index (κ2) is 5.11. The molecule has 0 aromatic carbocycles. The van der Waals surface area contributed by atoms with E-state index in [1.807, 2.05) is 0 Å². The molecule has 0 aromatic rings. The lowest BCUT2D eigenvalue weighted by atomic mass is 9.73. The second-order valence-electron chi connectivity index (χ2n) is 4.10. The van der Waals surface area contributed by atoms with Crippen molar-refractivity contribution in [2.24, 2.45) is 22.0 Å². The molecular weight excluding hydrogens is 194 g/mol. The van der Waals surface area contributed by atoms with Crippen LogP contribution in [0.25, 0.3) is 0 Å². The molecule has 0 unspecified atom stereocenters. The van der Waals surface area contributed by atoms with Crippen LogP contribution in [0.3, 0.4) is 0 Å². The molecule has 5 nitrogen and oxygen atoms in total. The van der Waals surface area contributed by atoms with E-state index in [1.165, 1.54) is 13.3 Å². The highest BCUT2D eigenvalue weighted by atomic mass is 16.7. The van der Waals surface area contributed by atoms with Crippen LogP contribution in [0, 0.1) is 5.41 Å². The zero-order valence-corrected chi connectivity index (χ0v) is 9.16. The summed E-state index contributed by atoms with van der Waals surface area (Å²) < 4.78 is 0. The van der Waals surface area contributed by atoms with Crippen molar-refractivity contribution in [1.82, 2.24) is 0 Å². The summed E-state index contributed by atoms with van der Waals surface area (Å²) in [6, 6.07) is 0. The summed E-state index contributed by atoms with van der Waals surface area (Å²) in [5, 5.41) is 3.66. The fraction of sp³-hybridized carbons (Fsp3) is 0.800. The molecule has 0 aromatic heterocycles.